The first-order valence-electron chi connectivity index (χ1n) is 13.0. The Hall–Kier alpha value is -1.01. The summed E-state index contributed by atoms with van der Waals surface area (Å²) in [6.07, 6.45) is 20.6. The van der Waals surface area contributed by atoms with Crippen LogP contribution in [0.4, 0.5) is 0 Å². The minimum atomic E-state index is -0.437. The van der Waals surface area contributed by atoms with Gasteiger partial charge in [-0.2, -0.15) is 0 Å². The van der Waals surface area contributed by atoms with Gasteiger partial charge in [-0.25, -0.2) is 4.89 Å². The van der Waals surface area contributed by atoms with E-state index in [0.717, 1.165) is 51.4 Å². The Labute approximate surface area is 195 Å². The number of ether oxygens (including phenoxy) is 2. The molecular formula is C27H46O5. The molecule has 2 rings (SSSR count). The Morgan fingerprint density at radius 3 is 2.56 bits per heavy atom. The topological polar surface area (TPSA) is 65.0 Å². The van der Waals surface area contributed by atoms with E-state index in [1.54, 1.807) is 6.08 Å². The third kappa shape index (κ3) is 9.09. The van der Waals surface area contributed by atoms with E-state index >= 15 is 0 Å². The summed E-state index contributed by atoms with van der Waals surface area (Å²) in [7, 11) is 0. The van der Waals surface area contributed by atoms with E-state index < -0.39 is 5.79 Å². The molecule has 1 aliphatic carbocycles. The first kappa shape index (κ1) is 27.2. The van der Waals surface area contributed by atoms with Gasteiger partial charge in [0.2, 0.25) is 0 Å². The number of rotatable bonds is 17. The highest BCUT2D eigenvalue weighted by atomic mass is 17.1. The minimum absolute atomic E-state index is 0.0402. The van der Waals surface area contributed by atoms with Crippen LogP contribution in [0.15, 0.2) is 24.3 Å². The van der Waals surface area contributed by atoms with Crippen molar-refractivity contribution in [2.75, 3.05) is 13.2 Å². The SMILES string of the molecule is CCCCCCCC1(CC[C@H]2C=CC(=O)[C@@H]2C/C=C\CCCC(OO)C(C)C)OCCO1. The third-order valence-corrected chi connectivity index (χ3v) is 7.02. The fraction of sp³-hybridized carbons (Fsp3) is 0.815. The van der Waals surface area contributed by atoms with Gasteiger partial charge in [-0.1, -0.05) is 64.7 Å². The summed E-state index contributed by atoms with van der Waals surface area (Å²) in [5.74, 6) is 0.423. The molecule has 5 nitrogen and oxygen atoms in total. The standard InChI is InChI=1S/C27H46O5/c1-4-5-6-9-12-18-27(30-20-21-31-27)19-17-23-15-16-25(28)24(23)13-10-7-8-11-14-26(32-29)22(2)3/h7,10,15-16,22-24,26,29H,4-6,8-9,11-14,17-21H2,1-3H3/b10-7-/t23-,24-,26?/m1/s1. The van der Waals surface area contributed by atoms with Crippen LogP contribution in [-0.4, -0.2) is 36.1 Å². The van der Waals surface area contributed by atoms with Crippen LogP contribution in [-0.2, 0) is 19.2 Å². The molecule has 3 atom stereocenters. The van der Waals surface area contributed by atoms with Gasteiger partial charge < -0.3 is 9.47 Å². The smallest absolute Gasteiger partial charge is 0.168 e. The molecule has 0 saturated carbocycles. The largest absolute Gasteiger partial charge is 0.348 e. The maximum Gasteiger partial charge on any atom is 0.168 e. The van der Waals surface area contributed by atoms with Crippen LogP contribution in [0.5, 0.6) is 0 Å². The van der Waals surface area contributed by atoms with Crippen molar-refractivity contribution >= 4 is 5.78 Å². The minimum Gasteiger partial charge on any atom is -0.348 e. The van der Waals surface area contributed by atoms with Crippen molar-refractivity contribution in [1.82, 2.24) is 0 Å². The van der Waals surface area contributed by atoms with Crippen LogP contribution in [0.1, 0.15) is 97.8 Å². The van der Waals surface area contributed by atoms with Crippen LogP contribution in [0.3, 0.4) is 0 Å². The molecule has 1 fully saturated rings. The van der Waals surface area contributed by atoms with Crippen molar-refractivity contribution < 1.29 is 24.4 Å². The summed E-state index contributed by atoms with van der Waals surface area (Å²) >= 11 is 0. The number of carbonyl (C=O) groups is 1. The lowest BCUT2D eigenvalue weighted by Crippen LogP contribution is -2.31. The van der Waals surface area contributed by atoms with Gasteiger partial charge in [0.15, 0.2) is 11.6 Å². The van der Waals surface area contributed by atoms with Gasteiger partial charge in [0.25, 0.3) is 0 Å². The quantitative estimate of drug-likeness (QED) is 0.113. The van der Waals surface area contributed by atoms with Crippen LogP contribution in [0.25, 0.3) is 0 Å². The number of allylic oxidation sites excluding steroid dienone is 4. The second-order valence-electron chi connectivity index (χ2n) is 9.87. The van der Waals surface area contributed by atoms with Gasteiger partial charge in [0.1, 0.15) is 0 Å². The average molecular weight is 451 g/mol. The predicted molar refractivity (Wildman–Crippen MR) is 128 cm³/mol. The van der Waals surface area contributed by atoms with Crippen LogP contribution in [0, 0.1) is 17.8 Å². The third-order valence-electron chi connectivity index (χ3n) is 7.02. The lowest BCUT2D eigenvalue weighted by molar-refractivity contribution is -0.289. The molecule has 0 bridgehead atoms. The molecule has 0 radical (unpaired) electrons. The van der Waals surface area contributed by atoms with Gasteiger partial charge in [-0.15, -0.1) is 0 Å². The number of unbranched alkanes of at least 4 members (excludes halogenated alkanes) is 5. The van der Waals surface area contributed by atoms with Gasteiger partial charge >= 0.3 is 0 Å². The molecule has 0 aromatic rings. The fourth-order valence-corrected chi connectivity index (χ4v) is 4.88. The molecule has 184 valence electrons. The van der Waals surface area contributed by atoms with E-state index in [1.165, 1.54) is 25.7 Å². The molecule has 1 N–H and O–H groups in total. The molecule has 2 aliphatic rings. The molecule has 0 aromatic heterocycles. The zero-order valence-corrected chi connectivity index (χ0v) is 20.6. The fourth-order valence-electron chi connectivity index (χ4n) is 4.88. The van der Waals surface area contributed by atoms with Crippen LogP contribution >= 0.6 is 0 Å². The molecular weight excluding hydrogens is 404 g/mol. The zero-order chi connectivity index (χ0) is 23.2. The summed E-state index contributed by atoms with van der Waals surface area (Å²) < 4.78 is 12.1. The Morgan fingerprint density at radius 2 is 1.88 bits per heavy atom. The second-order valence-corrected chi connectivity index (χ2v) is 9.87. The van der Waals surface area contributed by atoms with E-state index in [2.05, 4.69) is 30.0 Å². The number of hydrogen-bond acceptors (Lipinski definition) is 5. The van der Waals surface area contributed by atoms with Gasteiger partial charge in [0.05, 0.1) is 19.3 Å². The zero-order valence-electron chi connectivity index (χ0n) is 20.6. The predicted octanol–water partition coefficient (Wildman–Crippen LogP) is 6.87. The molecule has 1 aliphatic heterocycles. The van der Waals surface area contributed by atoms with Crippen LogP contribution in [0.2, 0.25) is 0 Å². The molecule has 0 spiro atoms. The monoisotopic (exact) mass is 450 g/mol. The van der Waals surface area contributed by atoms with E-state index in [-0.39, 0.29) is 23.7 Å². The Bertz CT molecular complexity index is 577. The van der Waals surface area contributed by atoms with E-state index in [0.29, 0.717) is 19.1 Å². The van der Waals surface area contributed by atoms with E-state index in [1.807, 2.05) is 13.8 Å². The maximum atomic E-state index is 12.4. The molecule has 0 amide bonds. The van der Waals surface area contributed by atoms with Crippen molar-refractivity contribution in [3.8, 4) is 0 Å². The summed E-state index contributed by atoms with van der Waals surface area (Å²) in [6.45, 7) is 7.70. The van der Waals surface area contributed by atoms with Crippen molar-refractivity contribution in [1.29, 1.82) is 0 Å². The Morgan fingerprint density at radius 1 is 1.12 bits per heavy atom. The average Bonchev–Trinajstić information content (AvgIpc) is 3.38. The number of hydrogen-bond donors (Lipinski definition) is 1. The molecule has 1 saturated heterocycles. The highest BCUT2D eigenvalue weighted by molar-refractivity contribution is 5.94. The molecule has 1 heterocycles. The molecule has 5 heteroatoms. The van der Waals surface area contributed by atoms with E-state index in [4.69, 9.17) is 14.7 Å². The van der Waals surface area contributed by atoms with Crippen molar-refractivity contribution in [3.63, 3.8) is 0 Å². The van der Waals surface area contributed by atoms with Crippen molar-refractivity contribution in [2.24, 2.45) is 17.8 Å². The maximum absolute atomic E-state index is 12.4. The molecule has 0 aromatic carbocycles. The number of ketones is 1. The van der Waals surface area contributed by atoms with E-state index in [9.17, 15) is 4.79 Å². The lowest BCUT2D eigenvalue weighted by atomic mass is 9.86. The van der Waals surface area contributed by atoms with Crippen molar-refractivity contribution in [3.05, 3.63) is 24.3 Å². The Balaban J connectivity index is 1.74. The first-order valence-corrected chi connectivity index (χ1v) is 13.0. The summed E-state index contributed by atoms with van der Waals surface area (Å²) in [5, 5.41) is 8.95. The first-order chi connectivity index (χ1) is 15.5. The lowest BCUT2D eigenvalue weighted by Gasteiger charge is -2.29. The Kier molecular flexibility index (Phi) is 12.8. The highest BCUT2D eigenvalue weighted by Gasteiger charge is 2.38. The summed E-state index contributed by atoms with van der Waals surface area (Å²) in [4.78, 5) is 17.0. The molecule has 32 heavy (non-hydrogen) atoms. The van der Waals surface area contributed by atoms with Crippen molar-refractivity contribution in [2.45, 2.75) is 110 Å². The normalized spacial score (nSPS) is 23.7. The van der Waals surface area contributed by atoms with Gasteiger partial charge in [0, 0.05) is 18.8 Å². The molecule has 1 unspecified atom stereocenters. The highest BCUT2D eigenvalue weighted by Crippen LogP contribution is 2.36. The van der Waals surface area contributed by atoms with Gasteiger partial charge in [-0.05, 0) is 56.4 Å². The van der Waals surface area contributed by atoms with Crippen LogP contribution < -0.4 is 0 Å². The second kappa shape index (κ2) is 15.0. The summed E-state index contributed by atoms with van der Waals surface area (Å²) in [6, 6.07) is 0. The summed E-state index contributed by atoms with van der Waals surface area (Å²) in [5.41, 5.74) is 0. The number of carbonyl (C=O) groups excluding carboxylic acids is 1. The van der Waals surface area contributed by atoms with Gasteiger partial charge in [-0.3, -0.25) is 10.1 Å².